The maximum Gasteiger partial charge on any atom is 0.174 e. The zero-order valence-electron chi connectivity index (χ0n) is 23.4. The van der Waals surface area contributed by atoms with E-state index in [4.69, 9.17) is 11.0 Å². The first kappa shape index (κ1) is 29.1. The van der Waals surface area contributed by atoms with E-state index in [1.807, 2.05) is 67.6 Å². The van der Waals surface area contributed by atoms with Crippen molar-refractivity contribution in [1.29, 1.82) is 5.26 Å². The van der Waals surface area contributed by atoms with Gasteiger partial charge in [0.15, 0.2) is 5.66 Å². The highest BCUT2D eigenvalue weighted by Gasteiger charge is 2.29. The van der Waals surface area contributed by atoms with Gasteiger partial charge >= 0.3 is 0 Å². The van der Waals surface area contributed by atoms with Gasteiger partial charge in [0.25, 0.3) is 0 Å². The molecule has 0 saturated heterocycles. The van der Waals surface area contributed by atoms with E-state index in [0.717, 1.165) is 35.5 Å². The van der Waals surface area contributed by atoms with Crippen molar-refractivity contribution >= 4 is 17.5 Å². The molecule has 200 valence electrons. The highest BCUT2D eigenvalue weighted by molar-refractivity contribution is 5.65. The Hall–Kier alpha value is -3.49. The highest BCUT2D eigenvalue weighted by atomic mass is 15.2. The van der Waals surface area contributed by atoms with Crippen LogP contribution in [0.2, 0.25) is 0 Å². The summed E-state index contributed by atoms with van der Waals surface area (Å²) in [6, 6.07) is 18.0. The number of nitrogens with two attached hydrogens (primary N) is 1. The van der Waals surface area contributed by atoms with Crippen molar-refractivity contribution in [3.8, 4) is 6.07 Å². The van der Waals surface area contributed by atoms with Gasteiger partial charge in [-0.25, -0.2) is 0 Å². The molecule has 0 amide bonds. The lowest BCUT2D eigenvalue weighted by molar-refractivity contribution is 0.609. The lowest BCUT2D eigenvalue weighted by atomic mass is 9.88. The van der Waals surface area contributed by atoms with Crippen molar-refractivity contribution in [2.45, 2.75) is 77.8 Å². The Bertz CT molecular complexity index is 1150. The molecule has 0 aliphatic heterocycles. The number of hydrogen-bond donors (Lipinski definition) is 1. The third-order valence-electron chi connectivity index (χ3n) is 7.01. The van der Waals surface area contributed by atoms with E-state index in [1.54, 1.807) is 0 Å². The molecule has 5 nitrogen and oxygen atoms in total. The molecule has 0 radical (unpaired) electrons. The fourth-order valence-corrected chi connectivity index (χ4v) is 4.67. The molecule has 2 N–H and O–H groups in total. The van der Waals surface area contributed by atoms with E-state index in [0.29, 0.717) is 5.56 Å². The molecule has 1 unspecified atom stereocenters. The average molecular weight is 510 g/mol. The van der Waals surface area contributed by atoms with Crippen LogP contribution in [0.15, 0.2) is 88.1 Å². The molecule has 0 spiro atoms. The summed E-state index contributed by atoms with van der Waals surface area (Å²) < 4.78 is 0. The minimum atomic E-state index is -1.06. The standard InChI is InChI=1S/C33H43N5/c1-4-6-8-10-23-38(24-11-9-7-5-2)31-20-18-30(19-21-31)36-37-33(35)22-12-13-27(3)32(33)25-28-14-16-29(26-34)17-15-28/h12-22,25H,4-11,23-24,35H2,1-3H3. The van der Waals surface area contributed by atoms with E-state index >= 15 is 0 Å². The van der Waals surface area contributed by atoms with Gasteiger partial charge in [0, 0.05) is 24.4 Å². The normalized spacial score (nSPS) is 18.1. The number of allylic oxidation sites excluding steroid dienone is 2. The minimum absolute atomic E-state index is 0.630. The predicted octanol–water partition coefficient (Wildman–Crippen LogP) is 8.86. The molecule has 0 aromatic heterocycles. The first-order valence-electron chi connectivity index (χ1n) is 14.1. The second kappa shape index (κ2) is 15.1. The summed E-state index contributed by atoms with van der Waals surface area (Å²) >= 11 is 0. The zero-order chi connectivity index (χ0) is 27.2. The monoisotopic (exact) mass is 509 g/mol. The summed E-state index contributed by atoms with van der Waals surface area (Å²) in [6.45, 7) is 8.74. The topological polar surface area (TPSA) is 77.8 Å². The molecule has 2 aromatic carbocycles. The van der Waals surface area contributed by atoms with Crippen LogP contribution < -0.4 is 10.6 Å². The summed E-state index contributed by atoms with van der Waals surface area (Å²) in [6.07, 6.45) is 18.0. The molecule has 1 aliphatic rings. The number of anilines is 1. The Balaban J connectivity index is 1.75. The van der Waals surface area contributed by atoms with Crippen molar-refractivity contribution in [1.82, 2.24) is 0 Å². The van der Waals surface area contributed by atoms with E-state index in [1.165, 1.54) is 57.1 Å². The van der Waals surface area contributed by atoms with Crippen LogP contribution in [0.1, 0.15) is 83.3 Å². The Kier molecular flexibility index (Phi) is 11.5. The second-order valence-corrected chi connectivity index (χ2v) is 10.2. The fraction of sp³-hybridized carbons (Fsp3) is 0.424. The highest BCUT2D eigenvalue weighted by Crippen LogP contribution is 2.32. The number of nitriles is 1. The summed E-state index contributed by atoms with van der Waals surface area (Å²) in [5, 5.41) is 18.2. The van der Waals surface area contributed by atoms with Crippen LogP contribution >= 0.6 is 0 Å². The molecule has 2 aromatic rings. The number of unbranched alkanes of at least 4 members (excludes halogenated alkanes) is 6. The van der Waals surface area contributed by atoms with Gasteiger partial charge in [-0.2, -0.15) is 15.5 Å². The quantitative estimate of drug-likeness (QED) is 0.204. The third kappa shape index (κ3) is 8.53. The van der Waals surface area contributed by atoms with Gasteiger partial charge in [0.1, 0.15) is 0 Å². The lowest BCUT2D eigenvalue weighted by Gasteiger charge is -2.27. The van der Waals surface area contributed by atoms with Crippen LogP contribution in [0.4, 0.5) is 11.4 Å². The smallest absolute Gasteiger partial charge is 0.174 e. The van der Waals surface area contributed by atoms with Gasteiger partial charge < -0.3 is 4.90 Å². The Labute approximate surface area is 229 Å². The Morgan fingerprint density at radius 3 is 2.11 bits per heavy atom. The zero-order valence-corrected chi connectivity index (χ0v) is 23.4. The average Bonchev–Trinajstić information content (AvgIpc) is 2.94. The Morgan fingerprint density at radius 1 is 0.895 bits per heavy atom. The summed E-state index contributed by atoms with van der Waals surface area (Å²) in [5.41, 5.74) is 11.3. The summed E-state index contributed by atoms with van der Waals surface area (Å²) in [4.78, 5) is 2.52. The van der Waals surface area contributed by atoms with Gasteiger partial charge in [-0.15, -0.1) is 0 Å². The molecule has 0 bridgehead atoms. The molecule has 38 heavy (non-hydrogen) atoms. The second-order valence-electron chi connectivity index (χ2n) is 10.2. The van der Waals surface area contributed by atoms with Gasteiger partial charge in [0.2, 0.25) is 0 Å². The number of benzene rings is 2. The van der Waals surface area contributed by atoms with E-state index < -0.39 is 5.66 Å². The van der Waals surface area contributed by atoms with Crippen LogP contribution in [0.25, 0.3) is 6.08 Å². The van der Waals surface area contributed by atoms with Gasteiger partial charge in [-0.3, -0.25) is 5.73 Å². The van der Waals surface area contributed by atoms with Crippen LogP contribution in [0.5, 0.6) is 0 Å². The van der Waals surface area contributed by atoms with Crippen molar-refractivity contribution in [3.05, 3.63) is 89.0 Å². The van der Waals surface area contributed by atoms with Crippen LogP contribution in [0.3, 0.4) is 0 Å². The molecule has 1 atom stereocenters. The maximum atomic E-state index is 9.08. The molecule has 1 aliphatic carbocycles. The molecule has 0 saturated carbocycles. The number of rotatable bonds is 14. The molecular weight excluding hydrogens is 466 g/mol. The number of nitrogens with zero attached hydrogens (tertiary/aromatic N) is 4. The molecule has 3 rings (SSSR count). The van der Waals surface area contributed by atoms with Crippen LogP contribution in [0, 0.1) is 11.3 Å². The van der Waals surface area contributed by atoms with Gasteiger partial charge in [-0.1, -0.05) is 76.7 Å². The number of azo groups is 1. The summed E-state index contributed by atoms with van der Waals surface area (Å²) in [7, 11) is 0. The third-order valence-corrected chi connectivity index (χ3v) is 7.01. The van der Waals surface area contributed by atoms with Crippen molar-refractivity contribution in [3.63, 3.8) is 0 Å². The predicted molar refractivity (Wildman–Crippen MR) is 160 cm³/mol. The van der Waals surface area contributed by atoms with Gasteiger partial charge in [0.05, 0.1) is 17.3 Å². The summed E-state index contributed by atoms with van der Waals surface area (Å²) in [5.74, 6) is 0. The van der Waals surface area contributed by atoms with Crippen molar-refractivity contribution in [2.75, 3.05) is 18.0 Å². The minimum Gasteiger partial charge on any atom is -0.372 e. The molecule has 0 fully saturated rings. The van der Waals surface area contributed by atoms with E-state index in [2.05, 4.69) is 47.2 Å². The number of hydrogen-bond acceptors (Lipinski definition) is 5. The first-order valence-corrected chi connectivity index (χ1v) is 14.1. The first-order chi connectivity index (χ1) is 18.5. The Morgan fingerprint density at radius 2 is 1.53 bits per heavy atom. The van der Waals surface area contributed by atoms with Crippen LogP contribution in [-0.4, -0.2) is 18.8 Å². The van der Waals surface area contributed by atoms with Crippen molar-refractivity contribution in [2.24, 2.45) is 16.0 Å². The SMILES string of the molecule is CCCCCCN(CCCCCC)c1ccc(N=NC2(N)C=CC=C(C)C2=Cc2ccc(C#N)cc2)cc1. The van der Waals surface area contributed by atoms with Crippen molar-refractivity contribution < 1.29 is 0 Å². The lowest BCUT2D eigenvalue weighted by Crippen LogP contribution is -2.38. The van der Waals surface area contributed by atoms with E-state index in [9.17, 15) is 0 Å². The molecular formula is C33H43N5. The molecule has 0 heterocycles. The van der Waals surface area contributed by atoms with Gasteiger partial charge in [-0.05, 0) is 79.5 Å². The van der Waals surface area contributed by atoms with Crippen LogP contribution in [-0.2, 0) is 0 Å². The fourth-order valence-electron chi connectivity index (χ4n) is 4.67. The largest absolute Gasteiger partial charge is 0.372 e. The van der Waals surface area contributed by atoms with E-state index in [-0.39, 0.29) is 0 Å². The maximum absolute atomic E-state index is 9.08. The molecule has 5 heteroatoms.